The van der Waals surface area contributed by atoms with Crippen molar-refractivity contribution < 1.29 is 0 Å². The highest BCUT2D eigenvalue weighted by atomic mass is 15.1. The van der Waals surface area contributed by atoms with E-state index in [0.717, 1.165) is 11.4 Å². The maximum Gasteiger partial charge on any atom is 0.0468 e. The molecule has 0 N–H and O–H groups in total. The van der Waals surface area contributed by atoms with E-state index in [-0.39, 0.29) is 0 Å². The maximum atomic E-state index is 2.38. The van der Waals surface area contributed by atoms with Crippen LogP contribution in [-0.4, -0.2) is 0 Å². The van der Waals surface area contributed by atoms with Crippen LogP contribution in [0.15, 0.2) is 140 Å². The molecule has 0 bridgehead atoms. The number of anilines is 3. The molecule has 1 heteroatoms. The lowest BCUT2D eigenvalue weighted by atomic mass is 9.78. The first-order valence-electron chi connectivity index (χ1n) is 14.3. The molecule has 7 aromatic carbocycles. The van der Waals surface area contributed by atoms with Crippen molar-refractivity contribution in [3.05, 3.63) is 151 Å². The molecule has 0 spiro atoms. The summed E-state index contributed by atoms with van der Waals surface area (Å²) < 4.78 is 0. The van der Waals surface area contributed by atoms with Crippen molar-refractivity contribution in [2.75, 3.05) is 4.90 Å². The third kappa shape index (κ3) is 4.01. The quantitative estimate of drug-likeness (QED) is 0.222. The molecule has 194 valence electrons. The van der Waals surface area contributed by atoms with E-state index in [1.165, 1.54) is 71.7 Å². The Bertz CT molecular complexity index is 2080. The van der Waals surface area contributed by atoms with Crippen molar-refractivity contribution >= 4 is 38.6 Å². The summed E-state index contributed by atoms with van der Waals surface area (Å²) in [4.78, 5) is 2.38. The molecular formula is C40H29N. The van der Waals surface area contributed by atoms with Gasteiger partial charge in [0.05, 0.1) is 0 Å². The molecule has 1 aliphatic carbocycles. The topological polar surface area (TPSA) is 3.24 Å². The zero-order valence-electron chi connectivity index (χ0n) is 23.2. The van der Waals surface area contributed by atoms with E-state index in [2.05, 4.69) is 158 Å². The van der Waals surface area contributed by atoms with Gasteiger partial charge in [-0.3, -0.25) is 0 Å². The fourth-order valence-corrected chi connectivity index (χ4v) is 6.45. The lowest BCUT2D eigenvalue weighted by molar-refractivity contribution is 1.26. The van der Waals surface area contributed by atoms with Crippen molar-refractivity contribution in [1.82, 2.24) is 0 Å². The predicted octanol–water partition coefficient (Wildman–Crippen LogP) is 11.4. The third-order valence-corrected chi connectivity index (χ3v) is 8.38. The van der Waals surface area contributed by atoms with Crippen LogP contribution in [0.4, 0.5) is 17.1 Å². The highest BCUT2D eigenvalue weighted by molar-refractivity contribution is 6.12. The predicted molar refractivity (Wildman–Crippen MR) is 175 cm³/mol. The molecular weight excluding hydrogens is 494 g/mol. The zero-order valence-corrected chi connectivity index (χ0v) is 23.2. The largest absolute Gasteiger partial charge is 0.310 e. The first kappa shape index (κ1) is 23.7. The van der Waals surface area contributed by atoms with Crippen LogP contribution in [0, 0.1) is 13.8 Å². The Balaban J connectivity index is 1.25. The molecule has 1 aliphatic rings. The van der Waals surface area contributed by atoms with Crippen LogP contribution < -0.4 is 4.90 Å². The third-order valence-electron chi connectivity index (χ3n) is 8.38. The molecule has 8 rings (SSSR count). The van der Waals surface area contributed by atoms with Gasteiger partial charge < -0.3 is 4.90 Å². The lowest BCUT2D eigenvalue weighted by Crippen LogP contribution is -2.10. The number of hydrogen-bond acceptors (Lipinski definition) is 1. The average molecular weight is 524 g/mol. The van der Waals surface area contributed by atoms with Crippen LogP contribution in [0.2, 0.25) is 0 Å². The van der Waals surface area contributed by atoms with Crippen LogP contribution in [-0.2, 0) is 0 Å². The van der Waals surface area contributed by atoms with Crippen molar-refractivity contribution in [3.63, 3.8) is 0 Å². The van der Waals surface area contributed by atoms with Crippen LogP contribution in [0.1, 0.15) is 11.1 Å². The number of aryl methyl sites for hydroxylation is 2. The SMILES string of the molecule is Cc1cc(C)cc(N(c2ccc(-c3ccccc3)cc2)c2ccc3cc4c(cc3c2)-c2cc3ccccc3cc2-4)c1. The minimum Gasteiger partial charge on any atom is -0.310 e. The molecule has 0 heterocycles. The van der Waals surface area contributed by atoms with Crippen molar-refractivity contribution in [3.8, 4) is 33.4 Å². The van der Waals surface area contributed by atoms with E-state index < -0.39 is 0 Å². The molecule has 0 aromatic heterocycles. The minimum absolute atomic E-state index is 1.15. The highest BCUT2D eigenvalue weighted by Crippen LogP contribution is 2.50. The van der Waals surface area contributed by atoms with Gasteiger partial charge in [0.25, 0.3) is 0 Å². The molecule has 0 saturated heterocycles. The van der Waals surface area contributed by atoms with E-state index in [9.17, 15) is 0 Å². The molecule has 0 unspecified atom stereocenters. The van der Waals surface area contributed by atoms with Crippen LogP contribution in [0.25, 0.3) is 54.9 Å². The lowest BCUT2D eigenvalue weighted by Gasteiger charge is -2.28. The standard InChI is InChI=1S/C40H29N/c1-26-18-27(2)20-36(19-26)41(34-15-12-29(13-16-34)28-8-4-3-5-9-28)35-17-14-32-24-39-37-22-30-10-6-7-11-31(30)23-38(37)40(39)25-33(32)21-35/h3-25H,1-2H3. The maximum absolute atomic E-state index is 2.38. The van der Waals surface area contributed by atoms with E-state index in [0.29, 0.717) is 0 Å². The minimum atomic E-state index is 1.15. The molecule has 7 aromatic rings. The van der Waals surface area contributed by atoms with Gasteiger partial charge >= 0.3 is 0 Å². The Morgan fingerprint density at radius 2 is 0.829 bits per heavy atom. The van der Waals surface area contributed by atoms with E-state index >= 15 is 0 Å². The Hall–Kier alpha value is -5.14. The first-order valence-corrected chi connectivity index (χ1v) is 14.3. The smallest absolute Gasteiger partial charge is 0.0468 e. The number of benzene rings is 7. The van der Waals surface area contributed by atoms with E-state index in [4.69, 9.17) is 0 Å². The second-order valence-corrected chi connectivity index (χ2v) is 11.3. The van der Waals surface area contributed by atoms with Gasteiger partial charge in [-0.2, -0.15) is 0 Å². The molecule has 0 saturated carbocycles. The molecule has 0 radical (unpaired) electrons. The fourth-order valence-electron chi connectivity index (χ4n) is 6.45. The normalized spacial score (nSPS) is 11.7. The molecule has 1 nitrogen and oxygen atoms in total. The van der Waals surface area contributed by atoms with Crippen molar-refractivity contribution in [2.24, 2.45) is 0 Å². The van der Waals surface area contributed by atoms with Crippen molar-refractivity contribution in [1.29, 1.82) is 0 Å². The summed E-state index contributed by atoms with van der Waals surface area (Å²) in [6.07, 6.45) is 0. The summed E-state index contributed by atoms with van der Waals surface area (Å²) in [5.74, 6) is 0. The average Bonchev–Trinajstić information content (AvgIpc) is 3.00. The summed E-state index contributed by atoms with van der Waals surface area (Å²) in [6, 6.07) is 51.3. The second-order valence-electron chi connectivity index (χ2n) is 11.3. The Labute approximate surface area is 241 Å². The van der Waals surface area contributed by atoms with E-state index in [1.807, 2.05) is 0 Å². The van der Waals surface area contributed by atoms with Crippen molar-refractivity contribution in [2.45, 2.75) is 13.8 Å². The summed E-state index contributed by atoms with van der Waals surface area (Å²) in [7, 11) is 0. The Kier molecular flexibility index (Phi) is 5.33. The van der Waals surface area contributed by atoms with Crippen LogP contribution in [0.5, 0.6) is 0 Å². The highest BCUT2D eigenvalue weighted by Gasteiger charge is 2.24. The molecule has 0 aliphatic heterocycles. The number of nitrogens with zero attached hydrogens (tertiary/aromatic N) is 1. The molecule has 0 amide bonds. The Morgan fingerprint density at radius 3 is 1.44 bits per heavy atom. The van der Waals surface area contributed by atoms with Crippen LogP contribution >= 0.6 is 0 Å². The van der Waals surface area contributed by atoms with E-state index in [1.54, 1.807) is 0 Å². The Morgan fingerprint density at radius 1 is 0.341 bits per heavy atom. The fraction of sp³-hybridized carbons (Fsp3) is 0.0500. The zero-order chi connectivity index (χ0) is 27.5. The van der Waals surface area contributed by atoms with Gasteiger partial charge in [-0.25, -0.2) is 0 Å². The number of fused-ring (bicyclic) bond motifs is 6. The molecule has 0 atom stereocenters. The van der Waals surface area contributed by atoms with Crippen LogP contribution in [0.3, 0.4) is 0 Å². The first-order chi connectivity index (χ1) is 20.1. The summed E-state index contributed by atoms with van der Waals surface area (Å²) in [5, 5.41) is 5.13. The summed E-state index contributed by atoms with van der Waals surface area (Å²) in [6.45, 7) is 4.35. The number of rotatable bonds is 4. The van der Waals surface area contributed by atoms with Gasteiger partial charge in [0.1, 0.15) is 0 Å². The van der Waals surface area contributed by atoms with Gasteiger partial charge in [-0.05, 0) is 141 Å². The van der Waals surface area contributed by atoms with Gasteiger partial charge in [0.2, 0.25) is 0 Å². The number of hydrogen-bond donors (Lipinski definition) is 0. The van der Waals surface area contributed by atoms with Gasteiger partial charge in [0, 0.05) is 17.1 Å². The van der Waals surface area contributed by atoms with Gasteiger partial charge in [-0.1, -0.05) is 78.9 Å². The summed E-state index contributed by atoms with van der Waals surface area (Å²) in [5.41, 5.74) is 13.9. The molecule has 0 fully saturated rings. The van der Waals surface area contributed by atoms with Gasteiger partial charge in [0.15, 0.2) is 0 Å². The second kappa shape index (κ2) is 9.21. The monoisotopic (exact) mass is 523 g/mol. The molecule has 41 heavy (non-hydrogen) atoms. The van der Waals surface area contributed by atoms with Gasteiger partial charge in [-0.15, -0.1) is 0 Å². The summed E-state index contributed by atoms with van der Waals surface area (Å²) >= 11 is 0.